The Bertz CT molecular complexity index is 2780. The molecule has 0 radical (unpaired) electrons. The molecule has 0 saturated heterocycles. The number of likely N-dealkylation sites (N-methyl/N-ethyl adjacent to an activating group) is 1. The predicted molar refractivity (Wildman–Crippen MR) is 285 cm³/mol. The summed E-state index contributed by atoms with van der Waals surface area (Å²) in [6.45, 7) is 18.8. The SMILES string of the molecule is CC1=NN(c2ccccc2)C(=O)/C1=C/C=C/C1C(C)=NN(c2ccccc2)C1O.CC1=NN(c2ccccc2)C(=O)C1.CCN1N=C(C)/C(=C\C=C\C2C(C)=NN(CC)C2O)C1=O.CCN1N=C(C)CC1=O. The van der Waals surface area contributed by atoms with Gasteiger partial charge in [-0.25, -0.2) is 20.0 Å². The number of anilines is 3. The topological polar surface area (TPSA) is 202 Å². The van der Waals surface area contributed by atoms with Crippen LogP contribution in [0.2, 0.25) is 0 Å². The predicted octanol–water partition coefficient (Wildman–Crippen LogP) is 7.49. The summed E-state index contributed by atoms with van der Waals surface area (Å²) >= 11 is 0. The molecule has 0 aliphatic carbocycles. The van der Waals surface area contributed by atoms with Gasteiger partial charge in [0.15, 0.2) is 12.5 Å². The van der Waals surface area contributed by atoms with Crippen LogP contribution in [-0.2, 0) is 19.2 Å². The molecule has 0 spiro atoms. The van der Waals surface area contributed by atoms with Crippen LogP contribution in [0, 0.1) is 11.8 Å². The lowest BCUT2D eigenvalue weighted by Gasteiger charge is -2.21. The molecule has 4 unspecified atom stereocenters. The van der Waals surface area contributed by atoms with Crippen molar-refractivity contribution in [2.75, 3.05) is 34.7 Å². The summed E-state index contributed by atoms with van der Waals surface area (Å²) in [5.74, 6) is -0.476. The first-order chi connectivity index (χ1) is 34.6. The summed E-state index contributed by atoms with van der Waals surface area (Å²) in [4.78, 5) is 47.0. The van der Waals surface area contributed by atoms with Gasteiger partial charge in [0.25, 0.3) is 17.7 Å². The standard InChI is InChI=1S/C23H22N4O2.C15H22N4O2.C10H10N2O.C6H10N2O/c1-16-20(22(28)26(24-16)18-10-5-3-6-11-18)14-9-15-21-17(2)25-27(23(21)29)19-12-7-4-8-13-19;1-5-18-14(20)12(10(3)16-18)8-7-9-13-11(4)17-19(6-2)15(13)21;1-8-7-10(13)12(11-8)9-5-3-2-4-6-9;1-3-8-6(9)4-5(2)7-8/h3-15,20,22,28H,1-2H3;7-9,12,14,20H,5-6H2,1-4H3;2-6H,7H2,1H3;3-4H2,1-2H3/b14-9+,21-15+;8-7+,13-9+;;. The van der Waals surface area contributed by atoms with E-state index in [1.165, 1.54) is 20.0 Å². The zero-order valence-corrected chi connectivity index (χ0v) is 42.4. The monoisotopic (exact) mass is 977 g/mol. The van der Waals surface area contributed by atoms with E-state index in [2.05, 4.69) is 30.6 Å². The van der Waals surface area contributed by atoms with Gasteiger partial charge < -0.3 is 10.2 Å². The van der Waals surface area contributed by atoms with Crippen LogP contribution in [0.4, 0.5) is 17.1 Å². The summed E-state index contributed by atoms with van der Waals surface area (Å²) in [6, 6.07) is 28.3. The van der Waals surface area contributed by atoms with Crippen molar-refractivity contribution in [1.29, 1.82) is 0 Å². The smallest absolute Gasteiger partial charge is 0.280 e. The summed E-state index contributed by atoms with van der Waals surface area (Å²) in [5.41, 5.74) is 8.39. The molecule has 4 atom stereocenters. The van der Waals surface area contributed by atoms with Crippen LogP contribution in [0.15, 0.2) is 169 Å². The second-order valence-electron chi connectivity index (χ2n) is 17.2. The maximum absolute atomic E-state index is 12.7. The molecule has 4 amide bonds. The average Bonchev–Trinajstić information content (AvgIpc) is 4.20. The minimum absolute atomic E-state index is 0.0451. The number of amides is 4. The van der Waals surface area contributed by atoms with Crippen molar-refractivity contribution >= 4 is 75.0 Å². The number of hydrogen-bond donors (Lipinski definition) is 2. The number of aliphatic hydroxyl groups excluding tert-OH is 2. The number of carbonyl (C=O) groups is 4. The number of benzene rings is 3. The molecule has 3 aromatic rings. The Kier molecular flexibility index (Phi) is 18.3. The molecule has 0 fully saturated rings. The summed E-state index contributed by atoms with van der Waals surface area (Å²) in [6.07, 6.45) is 10.4. The number of rotatable bonds is 10. The highest BCUT2D eigenvalue weighted by Gasteiger charge is 2.34. The lowest BCUT2D eigenvalue weighted by Crippen LogP contribution is -2.31. The molecule has 6 aliphatic heterocycles. The highest BCUT2D eigenvalue weighted by molar-refractivity contribution is 6.30. The summed E-state index contributed by atoms with van der Waals surface area (Å²) < 4.78 is 0. The van der Waals surface area contributed by atoms with Gasteiger partial charge in [-0.2, -0.15) is 35.6 Å². The van der Waals surface area contributed by atoms with Crippen molar-refractivity contribution in [3.8, 4) is 0 Å². The molecule has 18 nitrogen and oxygen atoms in total. The molecule has 0 bridgehead atoms. The number of hydrazone groups is 6. The van der Waals surface area contributed by atoms with Gasteiger partial charge in [0.1, 0.15) is 0 Å². The van der Waals surface area contributed by atoms with E-state index >= 15 is 0 Å². The number of para-hydroxylation sites is 3. The van der Waals surface area contributed by atoms with Gasteiger partial charge >= 0.3 is 0 Å². The van der Waals surface area contributed by atoms with Crippen LogP contribution in [0.5, 0.6) is 0 Å². The van der Waals surface area contributed by atoms with E-state index in [-0.39, 0.29) is 35.5 Å². The van der Waals surface area contributed by atoms with E-state index in [1.807, 2.05) is 165 Å². The Morgan fingerprint density at radius 3 is 1.43 bits per heavy atom. The normalized spacial score (nSPS) is 22.8. The van der Waals surface area contributed by atoms with Crippen LogP contribution in [-0.4, -0.2) is 115 Å². The quantitative estimate of drug-likeness (QED) is 0.195. The van der Waals surface area contributed by atoms with E-state index in [1.54, 1.807) is 34.3 Å². The molecule has 2 N–H and O–H groups in total. The number of carbonyl (C=O) groups excluding carboxylic acids is 4. The first kappa shape index (κ1) is 53.4. The van der Waals surface area contributed by atoms with Gasteiger partial charge in [-0.3, -0.25) is 24.2 Å². The third-order valence-corrected chi connectivity index (χ3v) is 11.9. The Morgan fingerprint density at radius 1 is 0.500 bits per heavy atom. The minimum atomic E-state index is -0.790. The van der Waals surface area contributed by atoms with Crippen molar-refractivity contribution < 1.29 is 29.4 Å². The van der Waals surface area contributed by atoms with Gasteiger partial charge in [-0.05, 0) is 111 Å². The molecule has 0 saturated carbocycles. The molecule has 0 aromatic heterocycles. The van der Waals surface area contributed by atoms with E-state index in [0.717, 1.165) is 45.6 Å². The van der Waals surface area contributed by atoms with Gasteiger partial charge in [0.2, 0.25) is 5.91 Å². The third-order valence-electron chi connectivity index (χ3n) is 11.9. The number of nitrogens with zero attached hydrogens (tertiary/aromatic N) is 12. The number of hydrogen-bond acceptors (Lipinski definition) is 14. The third kappa shape index (κ3) is 12.9. The first-order valence-corrected chi connectivity index (χ1v) is 24.0. The van der Waals surface area contributed by atoms with Crippen molar-refractivity contribution in [3.05, 3.63) is 139 Å². The Labute approximate surface area is 421 Å². The molecular weight excluding hydrogens is 913 g/mol. The fraction of sp³-hybridized carbons (Fsp3) is 0.333. The van der Waals surface area contributed by atoms with Crippen molar-refractivity contribution in [2.24, 2.45) is 42.4 Å². The van der Waals surface area contributed by atoms with Gasteiger partial charge in [-0.1, -0.05) is 78.9 Å². The first-order valence-electron chi connectivity index (χ1n) is 24.0. The fourth-order valence-electron chi connectivity index (χ4n) is 8.08. The van der Waals surface area contributed by atoms with Gasteiger partial charge in [0.05, 0.1) is 64.3 Å². The molecular formula is C54H64N12O6. The van der Waals surface area contributed by atoms with Crippen molar-refractivity contribution in [1.82, 2.24) is 15.0 Å². The van der Waals surface area contributed by atoms with Crippen LogP contribution in [0.3, 0.4) is 0 Å². The van der Waals surface area contributed by atoms with Crippen LogP contribution < -0.4 is 15.0 Å². The molecule has 72 heavy (non-hydrogen) atoms. The lowest BCUT2D eigenvalue weighted by molar-refractivity contribution is -0.128. The highest BCUT2D eigenvalue weighted by Crippen LogP contribution is 2.29. The largest absolute Gasteiger partial charge is 0.371 e. The fourth-order valence-corrected chi connectivity index (χ4v) is 8.08. The Balaban J connectivity index is 0.000000171. The Hall–Kier alpha value is -7.96. The lowest BCUT2D eigenvalue weighted by atomic mass is 10.0. The highest BCUT2D eigenvalue weighted by atomic mass is 16.3. The number of allylic oxidation sites excluding steroid dienone is 4. The maximum Gasteiger partial charge on any atom is 0.280 e. The maximum atomic E-state index is 12.7. The zero-order valence-electron chi connectivity index (χ0n) is 42.4. The van der Waals surface area contributed by atoms with Gasteiger partial charge in [0, 0.05) is 42.5 Å². The molecule has 6 heterocycles. The second-order valence-corrected chi connectivity index (χ2v) is 17.2. The zero-order chi connectivity index (χ0) is 52.1. The van der Waals surface area contributed by atoms with Crippen LogP contribution in [0.1, 0.15) is 75.2 Å². The van der Waals surface area contributed by atoms with E-state index in [4.69, 9.17) is 0 Å². The molecule has 6 aliphatic rings. The number of aliphatic hydroxyl groups is 2. The van der Waals surface area contributed by atoms with E-state index in [9.17, 15) is 29.4 Å². The molecule has 376 valence electrons. The van der Waals surface area contributed by atoms with Crippen molar-refractivity contribution in [3.63, 3.8) is 0 Å². The summed E-state index contributed by atoms with van der Waals surface area (Å²) in [7, 11) is 0. The van der Waals surface area contributed by atoms with Crippen molar-refractivity contribution in [2.45, 2.75) is 87.6 Å². The molecule has 18 heteroatoms. The van der Waals surface area contributed by atoms with Crippen LogP contribution >= 0.6 is 0 Å². The molecule has 9 rings (SSSR count). The van der Waals surface area contributed by atoms with E-state index < -0.39 is 12.5 Å². The average molecular weight is 977 g/mol. The molecule has 3 aromatic carbocycles. The van der Waals surface area contributed by atoms with E-state index in [0.29, 0.717) is 49.3 Å². The van der Waals surface area contributed by atoms with Crippen LogP contribution in [0.25, 0.3) is 0 Å². The minimum Gasteiger partial charge on any atom is -0.371 e. The second kappa shape index (κ2) is 24.7. The van der Waals surface area contributed by atoms with Gasteiger partial charge in [-0.15, -0.1) is 0 Å². The summed E-state index contributed by atoms with van der Waals surface area (Å²) in [5, 5.41) is 55.4. The Morgan fingerprint density at radius 2 is 0.972 bits per heavy atom.